The van der Waals surface area contributed by atoms with Crippen molar-refractivity contribution >= 4 is 17.3 Å². The van der Waals surface area contributed by atoms with Gasteiger partial charge in [-0.1, -0.05) is 20.8 Å². The number of aryl methyl sites for hydroxylation is 1. The first kappa shape index (κ1) is 19.2. The Hall–Kier alpha value is -1.14. The summed E-state index contributed by atoms with van der Waals surface area (Å²) >= 11 is 1.81. The maximum Gasteiger partial charge on any atom is 0.191 e. The Morgan fingerprint density at radius 3 is 2.62 bits per heavy atom. The van der Waals surface area contributed by atoms with Crippen LogP contribution < -0.4 is 10.6 Å². The van der Waals surface area contributed by atoms with Crippen LogP contribution in [0.2, 0.25) is 0 Å². The summed E-state index contributed by atoms with van der Waals surface area (Å²) in [6.45, 7) is 12.2. The van der Waals surface area contributed by atoms with Crippen molar-refractivity contribution in [1.82, 2.24) is 20.5 Å². The van der Waals surface area contributed by atoms with E-state index in [2.05, 4.69) is 46.3 Å². The third kappa shape index (κ3) is 6.40. The maximum absolute atomic E-state index is 4.46. The van der Waals surface area contributed by atoms with Crippen LogP contribution in [0.15, 0.2) is 11.2 Å². The van der Waals surface area contributed by atoms with Crippen LogP contribution in [0.4, 0.5) is 0 Å². The second-order valence-electron chi connectivity index (χ2n) is 6.96. The molecule has 1 aliphatic heterocycles. The molecular formula is C18H33N5S. The van der Waals surface area contributed by atoms with Crippen LogP contribution in [0.1, 0.15) is 37.1 Å². The zero-order valence-electron chi connectivity index (χ0n) is 15.6. The first-order chi connectivity index (χ1) is 11.6. The molecule has 0 radical (unpaired) electrons. The van der Waals surface area contributed by atoms with E-state index < -0.39 is 0 Å². The van der Waals surface area contributed by atoms with E-state index in [1.165, 1.54) is 29.4 Å². The van der Waals surface area contributed by atoms with Gasteiger partial charge in [-0.25, -0.2) is 4.98 Å². The first-order valence-corrected chi connectivity index (χ1v) is 10.0. The van der Waals surface area contributed by atoms with Crippen molar-refractivity contribution in [3.8, 4) is 0 Å². The number of nitrogens with one attached hydrogen (secondary N) is 2. The van der Waals surface area contributed by atoms with E-state index in [1.807, 2.05) is 24.6 Å². The predicted octanol–water partition coefficient (Wildman–Crippen LogP) is 2.39. The lowest BCUT2D eigenvalue weighted by molar-refractivity contribution is 0.143. The van der Waals surface area contributed by atoms with Crippen molar-refractivity contribution in [1.29, 1.82) is 0 Å². The second kappa shape index (κ2) is 9.99. The fraction of sp³-hybridized carbons (Fsp3) is 0.778. The molecule has 136 valence electrons. The van der Waals surface area contributed by atoms with Gasteiger partial charge >= 0.3 is 0 Å². The lowest BCUT2D eigenvalue weighted by atomic mass is 9.92. The predicted molar refractivity (Wildman–Crippen MR) is 104 cm³/mol. The van der Waals surface area contributed by atoms with Gasteiger partial charge in [0, 0.05) is 57.3 Å². The molecule has 2 N–H and O–H groups in total. The molecule has 0 aromatic carbocycles. The van der Waals surface area contributed by atoms with Crippen LogP contribution in [-0.2, 0) is 12.8 Å². The molecule has 2 unspecified atom stereocenters. The van der Waals surface area contributed by atoms with Gasteiger partial charge in [0.2, 0.25) is 0 Å². The van der Waals surface area contributed by atoms with Crippen LogP contribution in [0.5, 0.6) is 0 Å². The van der Waals surface area contributed by atoms with Crippen LogP contribution in [-0.4, -0.2) is 55.6 Å². The Balaban J connectivity index is 1.63. The van der Waals surface area contributed by atoms with Gasteiger partial charge in [0.05, 0.1) is 5.01 Å². The minimum atomic E-state index is 0.817. The molecule has 6 heteroatoms. The van der Waals surface area contributed by atoms with Crippen LogP contribution in [0.25, 0.3) is 0 Å². The largest absolute Gasteiger partial charge is 0.356 e. The third-order valence-corrected chi connectivity index (χ3v) is 5.67. The summed E-state index contributed by atoms with van der Waals surface area (Å²) in [4.78, 5) is 12.7. The zero-order chi connectivity index (χ0) is 17.4. The van der Waals surface area contributed by atoms with Gasteiger partial charge in [-0.3, -0.25) is 4.99 Å². The summed E-state index contributed by atoms with van der Waals surface area (Å²) in [7, 11) is 1.83. The fourth-order valence-electron chi connectivity index (χ4n) is 3.44. The van der Waals surface area contributed by atoms with Crippen LogP contribution in [0, 0.1) is 11.8 Å². The average Bonchev–Trinajstić information content (AvgIpc) is 3.00. The SMILES string of the molecule is CCc1cnc(CCNC(=NC)NCCN2CC(C)CC(C)C2)s1. The van der Waals surface area contributed by atoms with Crippen LogP contribution >= 0.6 is 11.3 Å². The molecule has 2 heterocycles. The van der Waals surface area contributed by atoms with Crippen molar-refractivity contribution in [3.63, 3.8) is 0 Å². The minimum Gasteiger partial charge on any atom is -0.356 e. The standard InChI is InChI=1S/C18H33N5S/c1-5-16-11-22-17(24-16)6-7-20-18(19-4)21-8-9-23-12-14(2)10-15(3)13-23/h11,14-15H,5-10,12-13H2,1-4H3,(H2,19,20,21). The number of rotatable bonds is 7. The van der Waals surface area contributed by atoms with E-state index in [4.69, 9.17) is 0 Å². The van der Waals surface area contributed by atoms with Gasteiger partial charge in [-0.05, 0) is 24.7 Å². The van der Waals surface area contributed by atoms with Gasteiger partial charge in [0.1, 0.15) is 0 Å². The highest BCUT2D eigenvalue weighted by Gasteiger charge is 2.21. The molecule has 1 aromatic heterocycles. The van der Waals surface area contributed by atoms with Crippen molar-refractivity contribution in [2.75, 3.05) is 39.8 Å². The molecule has 0 spiro atoms. The fourth-order valence-corrected chi connectivity index (χ4v) is 4.30. The minimum absolute atomic E-state index is 0.817. The highest BCUT2D eigenvalue weighted by Crippen LogP contribution is 2.20. The monoisotopic (exact) mass is 351 g/mol. The van der Waals surface area contributed by atoms with Gasteiger partial charge in [-0.2, -0.15) is 0 Å². The first-order valence-electron chi connectivity index (χ1n) is 9.21. The Labute approximate surface area is 151 Å². The Morgan fingerprint density at radius 2 is 2.00 bits per heavy atom. The average molecular weight is 352 g/mol. The molecule has 2 atom stereocenters. The molecule has 1 saturated heterocycles. The normalized spacial score (nSPS) is 22.6. The number of guanidine groups is 1. The highest BCUT2D eigenvalue weighted by atomic mass is 32.1. The molecule has 1 fully saturated rings. The van der Waals surface area contributed by atoms with Gasteiger partial charge in [0.15, 0.2) is 5.96 Å². The number of likely N-dealkylation sites (tertiary alicyclic amines) is 1. The molecule has 0 amide bonds. The quantitative estimate of drug-likeness (QED) is 0.585. The molecule has 0 aliphatic carbocycles. The number of nitrogens with zero attached hydrogens (tertiary/aromatic N) is 3. The van der Waals surface area contributed by atoms with Crippen molar-refractivity contribution in [2.45, 2.75) is 40.0 Å². The highest BCUT2D eigenvalue weighted by molar-refractivity contribution is 7.11. The van der Waals surface area contributed by atoms with E-state index >= 15 is 0 Å². The lowest BCUT2D eigenvalue weighted by Crippen LogP contribution is -2.45. The second-order valence-corrected chi connectivity index (χ2v) is 8.16. The molecular weight excluding hydrogens is 318 g/mol. The summed E-state index contributed by atoms with van der Waals surface area (Å²) in [5.41, 5.74) is 0. The number of aliphatic imine (C=N–C) groups is 1. The van der Waals surface area contributed by atoms with Gasteiger partial charge < -0.3 is 15.5 Å². The number of aromatic nitrogens is 1. The van der Waals surface area contributed by atoms with Crippen molar-refractivity contribution in [2.24, 2.45) is 16.8 Å². The van der Waals surface area contributed by atoms with E-state index in [0.717, 1.165) is 50.3 Å². The Kier molecular flexibility index (Phi) is 7.99. The molecule has 1 aromatic rings. The smallest absolute Gasteiger partial charge is 0.191 e. The number of thiazole rings is 1. The van der Waals surface area contributed by atoms with E-state index in [9.17, 15) is 0 Å². The van der Waals surface area contributed by atoms with Crippen molar-refractivity contribution < 1.29 is 0 Å². The Morgan fingerprint density at radius 1 is 1.29 bits per heavy atom. The molecule has 0 saturated carbocycles. The number of hydrogen-bond donors (Lipinski definition) is 2. The third-order valence-electron chi connectivity index (χ3n) is 4.47. The molecule has 0 bridgehead atoms. The summed E-state index contributed by atoms with van der Waals surface area (Å²) in [5.74, 6) is 2.52. The molecule has 1 aliphatic rings. The summed E-state index contributed by atoms with van der Waals surface area (Å²) < 4.78 is 0. The zero-order valence-corrected chi connectivity index (χ0v) is 16.5. The summed E-state index contributed by atoms with van der Waals surface area (Å²) in [5, 5.41) is 8.02. The van der Waals surface area contributed by atoms with Crippen molar-refractivity contribution in [3.05, 3.63) is 16.1 Å². The molecule has 24 heavy (non-hydrogen) atoms. The van der Waals surface area contributed by atoms with E-state index in [1.54, 1.807) is 0 Å². The number of piperidine rings is 1. The van der Waals surface area contributed by atoms with E-state index in [-0.39, 0.29) is 0 Å². The van der Waals surface area contributed by atoms with E-state index in [0.29, 0.717) is 0 Å². The van der Waals surface area contributed by atoms with Gasteiger partial charge in [-0.15, -0.1) is 11.3 Å². The van der Waals surface area contributed by atoms with Crippen LogP contribution in [0.3, 0.4) is 0 Å². The molecule has 2 rings (SSSR count). The molecule has 5 nitrogen and oxygen atoms in total. The number of hydrogen-bond acceptors (Lipinski definition) is 4. The maximum atomic E-state index is 4.46. The lowest BCUT2D eigenvalue weighted by Gasteiger charge is -2.35. The topological polar surface area (TPSA) is 52.6 Å². The van der Waals surface area contributed by atoms with Gasteiger partial charge in [0.25, 0.3) is 0 Å². The summed E-state index contributed by atoms with van der Waals surface area (Å²) in [6.07, 6.45) is 5.38. The Bertz CT molecular complexity index is 503. The summed E-state index contributed by atoms with van der Waals surface area (Å²) in [6, 6.07) is 0.